The van der Waals surface area contributed by atoms with Crippen molar-refractivity contribution in [1.29, 1.82) is 0 Å². The summed E-state index contributed by atoms with van der Waals surface area (Å²) < 4.78 is 0. The van der Waals surface area contributed by atoms with Crippen LogP contribution in [0.25, 0.3) is 0 Å². The van der Waals surface area contributed by atoms with Gasteiger partial charge in [0.25, 0.3) is 0 Å². The Morgan fingerprint density at radius 2 is 1.93 bits per heavy atom. The highest BCUT2D eigenvalue weighted by molar-refractivity contribution is 6.29. The van der Waals surface area contributed by atoms with Crippen LogP contribution in [0.4, 0.5) is 0 Å². The number of aromatic nitrogens is 2. The molecule has 0 radical (unpaired) electrons. The molecule has 0 bridgehead atoms. The molecule has 15 heavy (non-hydrogen) atoms. The van der Waals surface area contributed by atoms with Gasteiger partial charge in [0.2, 0.25) is 6.41 Å². The van der Waals surface area contributed by atoms with Crippen LogP contribution in [0.3, 0.4) is 0 Å². The van der Waals surface area contributed by atoms with E-state index >= 15 is 0 Å². The van der Waals surface area contributed by atoms with E-state index < -0.39 is 0 Å². The Balaban J connectivity index is 0. The molecule has 0 aliphatic carbocycles. The fourth-order valence-corrected chi connectivity index (χ4v) is 0.779. The van der Waals surface area contributed by atoms with Crippen LogP contribution >= 0.6 is 11.6 Å². The number of amides is 1. The molecular formula is C9H10ClN3O2. The van der Waals surface area contributed by atoms with Crippen LogP contribution in [0.5, 0.6) is 0 Å². The first kappa shape index (κ1) is 15.5. The van der Waals surface area contributed by atoms with E-state index in [0.717, 1.165) is 0 Å². The average molecular weight is 228 g/mol. The second-order valence-electron chi connectivity index (χ2n) is 1.79. The summed E-state index contributed by atoms with van der Waals surface area (Å²) in [7, 11) is 0. The van der Waals surface area contributed by atoms with Gasteiger partial charge in [-0.15, -0.1) is 12.8 Å². The molecule has 1 N–H and O–H groups in total. The number of nitrogens with one attached hydrogen (secondary N) is 1. The van der Waals surface area contributed by atoms with Gasteiger partial charge in [0.05, 0.1) is 12.2 Å². The van der Waals surface area contributed by atoms with E-state index in [2.05, 4.69) is 28.1 Å². The van der Waals surface area contributed by atoms with Gasteiger partial charge in [-0.05, 0) is 0 Å². The van der Waals surface area contributed by atoms with Gasteiger partial charge in [0.15, 0.2) is 5.15 Å². The average Bonchev–Trinajstić information content (AvgIpc) is 2.33. The summed E-state index contributed by atoms with van der Waals surface area (Å²) in [5.41, 5.74) is 0.571. The molecule has 0 saturated heterocycles. The summed E-state index contributed by atoms with van der Waals surface area (Å²) >= 11 is 5.63. The van der Waals surface area contributed by atoms with E-state index in [4.69, 9.17) is 16.4 Å². The van der Waals surface area contributed by atoms with Gasteiger partial charge < -0.3 is 10.1 Å². The normalized spacial score (nSPS) is 7.13. The molecule has 1 aromatic rings. The molecule has 80 valence electrons. The summed E-state index contributed by atoms with van der Waals surface area (Å²) in [5.74, 6) is 0. The minimum atomic E-state index is 0.316. The largest absolute Gasteiger partial charge is 0.353 e. The number of terminal acetylenes is 1. The van der Waals surface area contributed by atoms with Gasteiger partial charge in [0.1, 0.15) is 6.79 Å². The van der Waals surface area contributed by atoms with Crippen LogP contribution in [-0.4, -0.2) is 23.2 Å². The lowest BCUT2D eigenvalue weighted by molar-refractivity contribution is -0.109. The smallest absolute Gasteiger partial charge is 0.207 e. The zero-order valence-electron chi connectivity index (χ0n) is 7.89. The first-order valence-electron chi connectivity index (χ1n) is 3.59. The zero-order chi connectivity index (χ0) is 12.1. The molecule has 0 spiro atoms. The van der Waals surface area contributed by atoms with Gasteiger partial charge >= 0.3 is 0 Å². The van der Waals surface area contributed by atoms with E-state index in [0.29, 0.717) is 23.8 Å². The second-order valence-corrected chi connectivity index (χ2v) is 2.15. The number of hydrogen-bond donors (Lipinski definition) is 1. The molecule has 5 nitrogen and oxygen atoms in total. The lowest BCUT2D eigenvalue weighted by Crippen LogP contribution is -2.11. The zero-order valence-corrected chi connectivity index (χ0v) is 8.65. The van der Waals surface area contributed by atoms with Crippen LogP contribution < -0.4 is 5.32 Å². The van der Waals surface area contributed by atoms with E-state index in [1.54, 1.807) is 0 Å². The van der Waals surface area contributed by atoms with Crippen molar-refractivity contribution >= 4 is 24.8 Å². The molecule has 1 aromatic heterocycles. The van der Waals surface area contributed by atoms with Crippen molar-refractivity contribution in [3.8, 4) is 12.8 Å². The Bertz CT molecular complexity index is 304. The number of carbonyl (C=O) groups is 2. The summed E-state index contributed by atoms with van der Waals surface area (Å²) in [6.45, 7) is 2.32. The molecule has 1 rings (SSSR count). The fraction of sp³-hybridized carbons (Fsp3) is 0.111. The second kappa shape index (κ2) is 12.1. The Hall–Kier alpha value is -1.93. The molecule has 6 heteroatoms. The molecule has 0 fully saturated rings. The van der Waals surface area contributed by atoms with Crippen molar-refractivity contribution in [1.82, 2.24) is 15.3 Å². The molecular weight excluding hydrogens is 218 g/mol. The predicted molar refractivity (Wildman–Crippen MR) is 57.0 cm³/mol. The van der Waals surface area contributed by atoms with Crippen LogP contribution in [0.2, 0.25) is 5.15 Å². The monoisotopic (exact) mass is 227 g/mol. The van der Waals surface area contributed by atoms with Crippen LogP contribution in [0, 0.1) is 12.8 Å². The molecule has 0 unspecified atom stereocenters. The summed E-state index contributed by atoms with van der Waals surface area (Å²) in [6.07, 6.45) is 11.6. The topological polar surface area (TPSA) is 72.0 Å². The van der Waals surface area contributed by atoms with E-state index in [1.807, 2.05) is 6.79 Å². The Morgan fingerprint density at radius 1 is 1.40 bits per heavy atom. The SMILES string of the molecule is C#C.C=O.O=CNCc1nccnc1Cl. The minimum Gasteiger partial charge on any atom is -0.353 e. The van der Waals surface area contributed by atoms with E-state index in [-0.39, 0.29) is 0 Å². The third-order valence-electron chi connectivity index (χ3n) is 1.08. The number of hydrogen-bond acceptors (Lipinski definition) is 4. The molecule has 0 aromatic carbocycles. The van der Waals surface area contributed by atoms with Crippen molar-refractivity contribution in [3.63, 3.8) is 0 Å². The number of carbonyl (C=O) groups excluding carboxylic acids is 2. The van der Waals surface area contributed by atoms with Gasteiger partial charge in [-0.1, -0.05) is 11.6 Å². The Kier molecular flexibility index (Phi) is 12.5. The van der Waals surface area contributed by atoms with Gasteiger partial charge in [-0.3, -0.25) is 9.78 Å². The minimum absolute atomic E-state index is 0.316. The number of nitrogens with zero attached hydrogens (tertiary/aromatic N) is 2. The molecule has 0 aliphatic rings. The number of halogens is 1. The first-order valence-corrected chi connectivity index (χ1v) is 3.97. The van der Waals surface area contributed by atoms with Crippen molar-refractivity contribution in [3.05, 3.63) is 23.2 Å². The van der Waals surface area contributed by atoms with Crippen LogP contribution in [0.1, 0.15) is 5.69 Å². The highest BCUT2D eigenvalue weighted by atomic mass is 35.5. The Labute approximate surface area is 92.9 Å². The molecule has 0 aliphatic heterocycles. The van der Waals surface area contributed by atoms with E-state index in [9.17, 15) is 4.79 Å². The summed E-state index contributed by atoms with van der Waals surface area (Å²) in [5, 5.41) is 2.76. The Morgan fingerprint density at radius 3 is 2.40 bits per heavy atom. The molecule has 1 amide bonds. The summed E-state index contributed by atoms with van der Waals surface area (Å²) in [4.78, 5) is 25.6. The van der Waals surface area contributed by atoms with Crippen molar-refractivity contribution in [2.24, 2.45) is 0 Å². The standard InChI is InChI=1S/C6H6ClN3O.C2H2.CH2O/c7-6-5(3-8-4-11)9-1-2-10-6;2*1-2/h1-2,4H,3H2,(H,8,11);1-2H;1H2. The maximum absolute atomic E-state index is 9.89. The van der Waals surface area contributed by atoms with Gasteiger partial charge in [-0.2, -0.15) is 0 Å². The maximum Gasteiger partial charge on any atom is 0.207 e. The van der Waals surface area contributed by atoms with Gasteiger partial charge in [-0.25, -0.2) is 4.98 Å². The highest BCUT2D eigenvalue weighted by Gasteiger charge is 1.98. The third kappa shape index (κ3) is 7.16. The summed E-state index contributed by atoms with van der Waals surface area (Å²) in [6, 6.07) is 0. The molecule has 0 saturated carbocycles. The highest BCUT2D eigenvalue weighted by Crippen LogP contribution is 2.06. The maximum atomic E-state index is 9.89. The molecule has 1 heterocycles. The van der Waals surface area contributed by atoms with Crippen LogP contribution in [0.15, 0.2) is 12.4 Å². The predicted octanol–water partition coefficient (Wildman–Crippen LogP) is 0.440. The fourth-order valence-electron chi connectivity index (χ4n) is 0.607. The molecule has 0 atom stereocenters. The quantitative estimate of drug-likeness (QED) is 0.601. The van der Waals surface area contributed by atoms with Gasteiger partial charge in [0, 0.05) is 12.4 Å². The van der Waals surface area contributed by atoms with Crippen molar-refractivity contribution < 1.29 is 9.59 Å². The number of rotatable bonds is 3. The lowest BCUT2D eigenvalue weighted by Gasteiger charge is -1.98. The van der Waals surface area contributed by atoms with Crippen LogP contribution in [-0.2, 0) is 16.1 Å². The van der Waals surface area contributed by atoms with Crippen molar-refractivity contribution in [2.45, 2.75) is 6.54 Å². The van der Waals surface area contributed by atoms with E-state index in [1.165, 1.54) is 12.4 Å². The lowest BCUT2D eigenvalue weighted by atomic mass is 10.4. The van der Waals surface area contributed by atoms with Crippen molar-refractivity contribution in [2.75, 3.05) is 0 Å². The third-order valence-corrected chi connectivity index (χ3v) is 1.39. The first-order chi connectivity index (χ1) is 7.34.